The van der Waals surface area contributed by atoms with Crippen molar-refractivity contribution in [3.05, 3.63) is 59.6 Å². The summed E-state index contributed by atoms with van der Waals surface area (Å²) in [5.74, 6) is 0.231. The lowest BCUT2D eigenvalue weighted by atomic mass is 9.95. The van der Waals surface area contributed by atoms with Gasteiger partial charge in [-0.25, -0.2) is 0 Å². The highest BCUT2D eigenvalue weighted by Crippen LogP contribution is 2.39. The van der Waals surface area contributed by atoms with Gasteiger partial charge >= 0.3 is 0 Å². The minimum Gasteiger partial charge on any atom is -0.335 e. The Hall–Kier alpha value is -3.73. The highest BCUT2D eigenvalue weighted by molar-refractivity contribution is 5.95. The first-order chi connectivity index (χ1) is 15.0. The summed E-state index contributed by atoms with van der Waals surface area (Å²) in [7, 11) is 0. The van der Waals surface area contributed by atoms with E-state index in [0.29, 0.717) is 48.1 Å². The van der Waals surface area contributed by atoms with Gasteiger partial charge in [-0.2, -0.15) is 10.4 Å². The van der Waals surface area contributed by atoms with Gasteiger partial charge in [-0.05, 0) is 49.5 Å². The van der Waals surface area contributed by atoms with E-state index in [4.69, 9.17) is 0 Å². The van der Waals surface area contributed by atoms with Crippen LogP contribution >= 0.6 is 0 Å². The molecule has 4 rings (SSSR count). The Morgan fingerprint density at radius 3 is 2.87 bits per heavy atom. The molecule has 1 fully saturated rings. The van der Waals surface area contributed by atoms with Gasteiger partial charge < -0.3 is 10.2 Å². The van der Waals surface area contributed by atoms with E-state index in [2.05, 4.69) is 33.1 Å². The monoisotopic (exact) mass is 416 g/mol. The van der Waals surface area contributed by atoms with Crippen molar-refractivity contribution in [3.63, 3.8) is 0 Å². The van der Waals surface area contributed by atoms with E-state index in [1.54, 1.807) is 24.1 Å². The number of carbonyl (C=O) groups is 2. The quantitative estimate of drug-likeness (QED) is 0.702. The first kappa shape index (κ1) is 20.5. The third-order valence-corrected chi connectivity index (χ3v) is 5.79. The highest BCUT2D eigenvalue weighted by Gasteiger charge is 2.26. The molecule has 31 heavy (non-hydrogen) atoms. The van der Waals surface area contributed by atoms with Crippen LogP contribution in [0.1, 0.15) is 60.5 Å². The number of anilines is 1. The molecule has 1 aliphatic carbocycles. The van der Waals surface area contributed by atoms with Crippen LogP contribution in [0.2, 0.25) is 0 Å². The first-order valence-corrected chi connectivity index (χ1v) is 10.4. The number of amides is 2. The van der Waals surface area contributed by atoms with Crippen LogP contribution in [0.15, 0.2) is 37.1 Å². The Morgan fingerprint density at radius 1 is 1.42 bits per heavy atom. The summed E-state index contributed by atoms with van der Waals surface area (Å²) in [6, 6.07) is 5.79. The molecule has 1 unspecified atom stereocenters. The maximum absolute atomic E-state index is 12.7. The smallest absolute Gasteiger partial charge is 0.246 e. The van der Waals surface area contributed by atoms with Crippen molar-refractivity contribution >= 4 is 23.2 Å². The number of aromatic nitrogens is 3. The zero-order valence-corrected chi connectivity index (χ0v) is 17.4. The topological polar surface area (TPSA) is 115 Å². The van der Waals surface area contributed by atoms with Crippen molar-refractivity contribution in [2.24, 2.45) is 0 Å². The number of pyridine rings is 1. The number of carbonyl (C=O) groups excluding carboxylic acids is 2. The van der Waals surface area contributed by atoms with Gasteiger partial charge in [0.05, 0.1) is 17.2 Å². The molecule has 2 aromatic heterocycles. The third-order valence-electron chi connectivity index (χ3n) is 5.79. The van der Waals surface area contributed by atoms with Crippen LogP contribution in [0.5, 0.6) is 0 Å². The molecule has 0 radical (unpaired) electrons. The van der Waals surface area contributed by atoms with E-state index >= 15 is 0 Å². The molecule has 8 heteroatoms. The van der Waals surface area contributed by atoms with E-state index in [1.807, 2.05) is 12.1 Å². The second-order valence-corrected chi connectivity index (χ2v) is 7.94. The van der Waals surface area contributed by atoms with Crippen molar-refractivity contribution in [1.82, 2.24) is 20.1 Å². The van der Waals surface area contributed by atoms with Crippen LogP contribution in [-0.4, -0.2) is 45.0 Å². The number of nitriles is 1. The molecule has 3 heterocycles. The van der Waals surface area contributed by atoms with Crippen molar-refractivity contribution in [3.8, 4) is 6.07 Å². The van der Waals surface area contributed by atoms with Gasteiger partial charge in [0.25, 0.3) is 0 Å². The second kappa shape index (κ2) is 8.56. The molecule has 0 saturated heterocycles. The van der Waals surface area contributed by atoms with Gasteiger partial charge in [-0.3, -0.25) is 19.7 Å². The SMILES string of the molecule is C=CC(=O)N1CC=C(c2ncc(C(C)C(=O)Nc3cc(C4CC4)[nH]n3)cc2C#N)CC1. The van der Waals surface area contributed by atoms with Gasteiger partial charge in [-0.1, -0.05) is 12.7 Å². The number of hydrogen-bond acceptors (Lipinski definition) is 5. The van der Waals surface area contributed by atoms with Crippen LogP contribution in [0.3, 0.4) is 0 Å². The van der Waals surface area contributed by atoms with E-state index in [-0.39, 0.29) is 11.8 Å². The molecule has 8 nitrogen and oxygen atoms in total. The normalized spacial score (nSPS) is 16.8. The van der Waals surface area contributed by atoms with Crippen LogP contribution < -0.4 is 5.32 Å². The van der Waals surface area contributed by atoms with Crippen LogP contribution in [0.25, 0.3) is 5.57 Å². The summed E-state index contributed by atoms with van der Waals surface area (Å²) in [4.78, 5) is 30.6. The molecule has 0 aromatic carbocycles. The summed E-state index contributed by atoms with van der Waals surface area (Å²) < 4.78 is 0. The Kier molecular flexibility index (Phi) is 5.67. The van der Waals surface area contributed by atoms with Crippen molar-refractivity contribution < 1.29 is 9.59 Å². The van der Waals surface area contributed by atoms with Crippen molar-refractivity contribution in [2.45, 2.75) is 38.0 Å². The summed E-state index contributed by atoms with van der Waals surface area (Å²) >= 11 is 0. The predicted octanol–water partition coefficient (Wildman–Crippen LogP) is 3.10. The average Bonchev–Trinajstić information content (AvgIpc) is 3.56. The number of hydrogen-bond donors (Lipinski definition) is 2. The zero-order chi connectivity index (χ0) is 22.0. The molecule has 2 N–H and O–H groups in total. The zero-order valence-electron chi connectivity index (χ0n) is 17.4. The maximum Gasteiger partial charge on any atom is 0.246 e. The summed E-state index contributed by atoms with van der Waals surface area (Å²) in [6.45, 7) is 6.30. The summed E-state index contributed by atoms with van der Waals surface area (Å²) in [6.07, 6.45) is 7.77. The van der Waals surface area contributed by atoms with E-state index in [9.17, 15) is 14.9 Å². The van der Waals surface area contributed by atoms with Gasteiger partial charge in [0.2, 0.25) is 11.8 Å². The fraction of sp³-hybridized carbons (Fsp3) is 0.348. The van der Waals surface area contributed by atoms with Crippen LogP contribution in [0, 0.1) is 11.3 Å². The standard InChI is InChI=1S/C23H24N6O2/c1-3-21(30)29-8-6-16(7-9-29)22-17(12-24)10-18(13-25-22)14(2)23(31)26-20-11-19(27-28-20)15-4-5-15/h3,6,10-11,13-15H,1,4-5,7-9H2,2H3,(H2,26,27,28,31). The minimum absolute atomic E-state index is 0.111. The van der Waals surface area contributed by atoms with Gasteiger partial charge in [0, 0.05) is 37.0 Å². The Bertz CT molecular complexity index is 1110. The Labute approximate surface area is 180 Å². The fourth-order valence-electron chi connectivity index (χ4n) is 3.66. The number of H-pyrrole nitrogens is 1. The van der Waals surface area contributed by atoms with Gasteiger partial charge in [-0.15, -0.1) is 0 Å². The number of rotatable bonds is 6. The molecule has 2 aromatic rings. The Balaban J connectivity index is 1.47. The lowest BCUT2D eigenvalue weighted by Gasteiger charge is -2.25. The fourth-order valence-corrected chi connectivity index (χ4v) is 3.66. The van der Waals surface area contributed by atoms with Crippen LogP contribution in [0.4, 0.5) is 5.82 Å². The van der Waals surface area contributed by atoms with Crippen molar-refractivity contribution in [1.29, 1.82) is 5.26 Å². The predicted molar refractivity (Wildman–Crippen MR) is 116 cm³/mol. The Morgan fingerprint density at radius 2 is 2.23 bits per heavy atom. The number of aromatic amines is 1. The largest absolute Gasteiger partial charge is 0.335 e. The third kappa shape index (κ3) is 4.40. The summed E-state index contributed by atoms with van der Waals surface area (Å²) in [5.41, 5.74) is 3.66. The molecule has 1 atom stereocenters. The molecule has 0 bridgehead atoms. The van der Waals surface area contributed by atoms with E-state index in [1.165, 1.54) is 6.08 Å². The lowest BCUT2D eigenvalue weighted by Crippen LogP contribution is -2.33. The lowest BCUT2D eigenvalue weighted by molar-refractivity contribution is -0.125. The molecule has 2 aliphatic rings. The molecular formula is C23H24N6O2. The molecular weight excluding hydrogens is 392 g/mol. The molecule has 1 aliphatic heterocycles. The van der Waals surface area contributed by atoms with Crippen LogP contribution in [-0.2, 0) is 9.59 Å². The number of nitrogens with zero attached hydrogens (tertiary/aromatic N) is 4. The van der Waals surface area contributed by atoms with E-state index in [0.717, 1.165) is 24.1 Å². The highest BCUT2D eigenvalue weighted by atomic mass is 16.2. The summed E-state index contributed by atoms with van der Waals surface area (Å²) in [5, 5.41) is 19.6. The first-order valence-electron chi connectivity index (χ1n) is 10.4. The van der Waals surface area contributed by atoms with Gasteiger partial charge in [0.1, 0.15) is 6.07 Å². The van der Waals surface area contributed by atoms with E-state index < -0.39 is 5.92 Å². The second-order valence-electron chi connectivity index (χ2n) is 7.94. The molecule has 0 spiro atoms. The average molecular weight is 416 g/mol. The molecule has 1 saturated carbocycles. The molecule has 2 amide bonds. The minimum atomic E-state index is -0.490. The maximum atomic E-state index is 12.7. The number of nitrogens with one attached hydrogen (secondary N) is 2. The molecule has 158 valence electrons. The van der Waals surface area contributed by atoms with Gasteiger partial charge in [0.15, 0.2) is 5.82 Å². The van der Waals surface area contributed by atoms with Crippen molar-refractivity contribution in [2.75, 3.05) is 18.4 Å².